The molecule has 1 aromatic carbocycles. The molecule has 0 unspecified atom stereocenters. The fourth-order valence-corrected chi connectivity index (χ4v) is 1.89. The fourth-order valence-electron chi connectivity index (χ4n) is 1.89. The van der Waals surface area contributed by atoms with Crippen molar-refractivity contribution >= 4 is 5.91 Å². The van der Waals surface area contributed by atoms with E-state index in [1.165, 1.54) is 4.90 Å². The first-order chi connectivity index (χ1) is 9.40. The number of likely N-dealkylation sites (N-methyl/N-ethyl adjacent to an activating group) is 1. The monoisotopic (exact) mass is 279 g/mol. The second kappa shape index (κ2) is 7.90. The lowest BCUT2D eigenvalue weighted by Gasteiger charge is -2.15. The third-order valence-electron chi connectivity index (χ3n) is 3.10. The van der Waals surface area contributed by atoms with Crippen molar-refractivity contribution in [2.75, 3.05) is 33.8 Å². The minimum atomic E-state index is -0.0672. The van der Waals surface area contributed by atoms with Crippen molar-refractivity contribution in [2.24, 2.45) is 0 Å². The quantitative estimate of drug-likeness (QED) is 0.774. The van der Waals surface area contributed by atoms with Crippen LogP contribution in [-0.4, -0.2) is 39.7 Å². The molecule has 0 radical (unpaired) electrons. The lowest BCUT2D eigenvalue weighted by atomic mass is 10.0. The van der Waals surface area contributed by atoms with E-state index < -0.39 is 0 Å². The molecule has 2 N–H and O–H groups in total. The van der Waals surface area contributed by atoms with Crippen LogP contribution in [0.3, 0.4) is 0 Å². The van der Waals surface area contributed by atoms with Crippen LogP contribution in [0.5, 0.6) is 5.75 Å². The van der Waals surface area contributed by atoms with Crippen LogP contribution in [0.2, 0.25) is 0 Å². The third-order valence-corrected chi connectivity index (χ3v) is 3.10. The highest BCUT2D eigenvalue weighted by atomic mass is 16.5. The Hall–Kier alpha value is -1.55. The number of quaternary nitrogens is 1. The van der Waals surface area contributed by atoms with Gasteiger partial charge in [0.15, 0.2) is 6.61 Å². The summed E-state index contributed by atoms with van der Waals surface area (Å²) < 4.78 is 5.68. The minimum absolute atomic E-state index is 0.0672. The largest absolute Gasteiger partial charge is 0.483 e. The van der Waals surface area contributed by atoms with Gasteiger partial charge in [-0.3, -0.25) is 4.79 Å². The van der Waals surface area contributed by atoms with Crippen molar-refractivity contribution in [3.05, 3.63) is 29.3 Å². The van der Waals surface area contributed by atoms with Gasteiger partial charge < -0.3 is 15.0 Å². The number of carbonyl (C=O) groups is 1. The molecule has 0 spiro atoms. The number of aryl methyl sites for hydroxylation is 1. The van der Waals surface area contributed by atoms with Gasteiger partial charge in [0.05, 0.1) is 27.2 Å². The highest BCUT2D eigenvalue weighted by molar-refractivity contribution is 5.77. The van der Waals surface area contributed by atoms with Crippen LogP contribution >= 0.6 is 0 Å². The van der Waals surface area contributed by atoms with E-state index in [0.717, 1.165) is 23.4 Å². The maximum atomic E-state index is 11.7. The molecule has 0 aromatic heterocycles. The lowest BCUT2D eigenvalue weighted by molar-refractivity contribution is -0.856. The Morgan fingerprint density at radius 1 is 1.35 bits per heavy atom. The van der Waals surface area contributed by atoms with Gasteiger partial charge in [0.2, 0.25) is 0 Å². The molecule has 0 atom stereocenters. The Bertz CT molecular complexity index is 442. The predicted octanol–water partition coefficient (Wildman–Crippen LogP) is 0.758. The molecule has 0 aliphatic heterocycles. The van der Waals surface area contributed by atoms with Crippen molar-refractivity contribution in [1.29, 1.82) is 0 Å². The van der Waals surface area contributed by atoms with Gasteiger partial charge in [0, 0.05) is 0 Å². The molecule has 0 aliphatic carbocycles. The van der Waals surface area contributed by atoms with Gasteiger partial charge in [-0.2, -0.15) is 0 Å². The van der Waals surface area contributed by atoms with E-state index in [9.17, 15) is 4.79 Å². The first kappa shape index (κ1) is 16.5. The summed E-state index contributed by atoms with van der Waals surface area (Å²) in [6.07, 6.45) is 0. The zero-order chi connectivity index (χ0) is 15.1. The molecule has 0 heterocycles. The molecular weight excluding hydrogens is 252 g/mol. The van der Waals surface area contributed by atoms with Crippen LogP contribution in [0.4, 0.5) is 0 Å². The summed E-state index contributed by atoms with van der Waals surface area (Å²) in [6, 6.07) is 6.14. The Morgan fingerprint density at radius 2 is 2.05 bits per heavy atom. The predicted molar refractivity (Wildman–Crippen MR) is 81.5 cm³/mol. The Balaban J connectivity index is 2.52. The van der Waals surface area contributed by atoms with Gasteiger partial charge in [-0.05, 0) is 30.0 Å². The van der Waals surface area contributed by atoms with Gasteiger partial charge in [-0.1, -0.05) is 26.0 Å². The van der Waals surface area contributed by atoms with E-state index in [4.69, 9.17) is 4.74 Å². The first-order valence-corrected chi connectivity index (χ1v) is 7.19. The van der Waals surface area contributed by atoms with E-state index in [2.05, 4.69) is 45.4 Å². The van der Waals surface area contributed by atoms with Crippen LogP contribution in [-0.2, 0) is 4.79 Å². The van der Waals surface area contributed by atoms with Gasteiger partial charge >= 0.3 is 0 Å². The van der Waals surface area contributed by atoms with Crippen LogP contribution in [0.15, 0.2) is 18.2 Å². The average Bonchev–Trinajstić information content (AvgIpc) is 2.35. The molecular formula is C16H27N2O2+. The maximum absolute atomic E-state index is 11.7. The van der Waals surface area contributed by atoms with Crippen molar-refractivity contribution in [1.82, 2.24) is 5.32 Å². The summed E-state index contributed by atoms with van der Waals surface area (Å²) in [7, 11) is 4.12. The highest BCUT2D eigenvalue weighted by Gasteiger charge is 2.10. The molecule has 0 saturated heterocycles. The van der Waals surface area contributed by atoms with Crippen LogP contribution in [0, 0.1) is 6.92 Å². The Kier molecular flexibility index (Phi) is 6.52. The van der Waals surface area contributed by atoms with Gasteiger partial charge in [0.1, 0.15) is 5.75 Å². The number of rotatable bonds is 7. The van der Waals surface area contributed by atoms with E-state index in [0.29, 0.717) is 12.5 Å². The average molecular weight is 279 g/mol. The molecule has 0 aliphatic rings. The summed E-state index contributed by atoms with van der Waals surface area (Å²) in [6.45, 7) is 7.93. The Labute approximate surface area is 122 Å². The van der Waals surface area contributed by atoms with Crippen molar-refractivity contribution in [3.8, 4) is 5.75 Å². The molecule has 20 heavy (non-hydrogen) atoms. The van der Waals surface area contributed by atoms with Gasteiger partial charge in [-0.15, -0.1) is 0 Å². The zero-order valence-electron chi connectivity index (χ0n) is 13.2. The fraction of sp³-hybridized carbons (Fsp3) is 0.562. The van der Waals surface area contributed by atoms with Crippen LogP contribution < -0.4 is 15.0 Å². The number of benzene rings is 1. The summed E-state index contributed by atoms with van der Waals surface area (Å²) in [5, 5.41) is 2.86. The second-order valence-electron chi connectivity index (χ2n) is 5.79. The normalized spacial score (nSPS) is 10.9. The molecule has 112 valence electrons. The molecule has 0 bridgehead atoms. The molecule has 1 amide bonds. The molecule has 0 fully saturated rings. The summed E-state index contributed by atoms with van der Waals surface area (Å²) >= 11 is 0. The highest BCUT2D eigenvalue weighted by Crippen LogP contribution is 2.27. The van der Waals surface area contributed by atoms with Crippen LogP contribution in [0.25, 0.3) is 0 Å². The van der Waals surface area contributed by atoms with Crippen molar-refractivity contribution in [3.63, 3.8) is 0 Å². The maximum Gasteiger partial charge on any atom is 0.258 e. The van der Waals surface area contributed by atoms with E-state index >= 15 is 0 Å². The van der Waals surface area contributed by atoms with Crippen molar-refractivity contribution in [2.45, 2.75) is 26.7 Å². The molecule has 1 rings (SSSR count). The van der Waals surface area contributed by atoms with Crippen molar-refractivity contribution < 1.29 is 14.4 Å². The topological polar surface area (TPSA) is 42.8 Å². The number of ether oxygens (including phenoxy) is 1. The zero-order valence-corrected chi connectivity index (χ0v) is 13.2. The summed E-state index contributed by atoms with van der Waals surface area (Å²) in [4.78, 5) is 13.0. The number of carbonyl (C=O) groups excluding carboxylic acids is 1. The SMILES string of the molecule is Cc1ccc(C(C)C)c(OCC(=O)NCC[NH+](C)C)c1. The van der Waals surface area contributed by atoms with Gasteiger partial charge in [-0.25, -0.2) is 0 Å². The lowest BCUT2D eigenvalue weighted by Crippen LogP contribution is -3.06. The Morgan fingerprint density at radius 3 is 2.65 bits per heavy atom. The van der Waals surface area contributed by atoms with Gasteiger partial charge in [0.25, 0.3) is 5.91 Å². The first-order valence-electron chi connectivity index (χ1n) is 7.19. The smallest absolute Gasteiger partial charge is 0.258 e. The molecule has 1 aromatic rings. The minimum Gasteiger partial charge on any atom is -0.483 e. The summed E-state index contributed by atoms with van der Waals surface area (Å²) in [5.74, 6) is 1.13. The molecule has 4 heteroatoms. The summed E-state index contributed by atoms with van der Waals surface area (Å²) in [5.41, 5.74) is 2.28. The molecule has 0 saturated carbocycles. The number of amides is 1. The number of nitrogens with one attached hydrogen (secondary N) is 2. The number of hydrogen-bond acceptors (Lipinski definition) is 2. The third kappa shape index (κ3) is 5.61. The van der Waals surface area contributed by atoms with E-state index in [1.807, 2.05) is 13.0 Å². The van der Waals surface area contributed by atoms with E-state index in [1.54, 1.807) is 0 Å². The second-order valence-corrected chi connectivity index (χ2v) is 5.79. The van der Waals surface area contributed by atoms with E-state index in [-0.39, 0.29) is 12.5 Å². The standard InChI is InChI=1S/C16H26N2O2/c1-12(2)14-7-6-13(3)10-15(14)20-11-16(19)17-8-9-18(4)5/h6-7,10,12H,8-9,11H2,1-5H3,(H,17,19)/p+1. The van der Waals surface area contributed by atoms with Crippen LogP contribution in [0.1, 0.15) is 30.9 Å². The molecule has 4 nitrogen and oxygen atoms in total. The number of hydrogen-bond donors (Lipinski definition) is 2.